The van der Waals surface area contributed by atoms with Crippen molar-refractivity contribution in [1.82, 2.24) is 10.6 Å². The van der Waals surface area contributed by atoms with E-state index in [9.17, 15) is 9.18 Å². The number of ether oxygens (including phenoxy) is 1. The summed E-state index contributed by atoms with van der Waals surface area (Å²) in [5.74, 6) is -0.0323. The molecule has 5 heteroatoms. The molecule has 4 nitrogen and oxygen atoms in total. The highest BCUT2D eigenvalue weighted by Gasteiger charge is 2.35. The molecule has 2 saturated heterocycles. The van der Waals surface area contributed by atoms with E-state index in [0.717, 1.165) is 37.9 Å². The van der Waals surface area contributed by atoms with Gasteiger partial charge in [-0.2, -0.15) is 0 Å². The normalized spacial score (nSPS) is 24.1. The first kappa shape index (κ1) is 15.4. The highest BCUT2D eigenvalue weighted by Crippen LogP contribution is 2.34. The first-order chi connectivity index (χ1) is 10.7. The monoisotopic (exact) mass is 306 g/mol. The Morgan fingerprint density at radius 2 is 2.05 bits per heavy atom. The van der Waals surface area contributed by atoms with E-state index >= 15 is 0 Å². The predicted molar refractivity (Wildman–Crippen MR) is 82.1 cm³/mol. The third-order valence-corrected chi connectivity index (χ3v) is 4.94. The van der Waals surface area contributed by atoms with Crippen LogP contribution >= 0.6 is 0 Å². The van der Waals surface area contributed by atoms with E-state index in [1.165, 1.54) is 12.1 Å². The van der Waals surface area contributed by atoms with Gasteiger partial charge in [0.1, 0.15) is 5.82 Å². The topological polar surface area (TPSA) is 50.4 Å². The van der Waals surface area contributed by atoms with Gasteiger partial charge in [-0.3, -0.25) is 4.79 Å². The molecule has 2 fully saturated rings. The molecule has 0 saturated carbocycles. The van der Waals surface area contributed by atoms with Gasteiger partial charge in [0.05, 0.1) is 5.92 Å². The highest BCUT2D eigenvalue weighted by atomic mass is 19.1. The number of hydrogen-bond donors (Lipinski definition) is 2. The molecule has 1 aromatic carbocycles. The van der Waals surface area contributed by atoms with Crippen LogP contribution in [0.3, 0.4) is 0 Å². The predicted octanol–water partition coefficient (Wildman–Crippen LogP) is 1.60. The van der Waals surface area contributed by atoms with Crippen LogP contribution in [0, 0.1) is 11.7 Å². The number of amides is 1. The molecule has 1 amide bonds. The molecule has 1 atom stereocenters. The molecule has 2 aliphatic heterocycles. The van der Waals surface area contributed by atoms with Gasteiger partial charge < -0.3 is 15.4 Å². The minimum atomic E-state index is -0.230. The average Bonchev–Trinajstić information content (AvgIpc) is 3.09. The molecule has 2 aliphatic rings. The van der Waals surface area contributed by atoms with Crippen LogP contribution < -0.4 is 10.6 Å². The molecule has 0 aliphatic carbocycles. The van der Waals surface area contributed by atoms with Crippen molar-refractivity contribution in [1.29, 1.82) is 0 Å². The van der Waals surface area contributed by atoms with Crippen molar-refractivity contribution in [3.05, 3.63) is 35.6 Å². The molecule has 120 valence electrons. The number of carbonyl (C=O) groups excluding carboxylic acids is 1. The Kier molecular flexibility index (Phi) is 4.74. The van der Waals surface area contributed by atoms with Gasteiger partial charge >= 0.3 is 0 Å². The molecule has 2 heterocycles. The van der Waals surface area contributed by atoms with Crippen molar-refractivity contribution in [3.63, 3.8) is 0 Å². The van der Waals surface area contributed by atoms with Crippen LogP contribution in [0.15, 0.2) is 24.3 Å². The molecule has 0 radical (unpaired) electrons. The summed E-state index contributed by atoms with van der Waals surface area (Å²) in [5.41, 5.74) is 0.940. The Labute approximate surface area is 130 Å². The Morgan fingerprint density at radius 3 is 2.68 bits per heavy atom. The molecule has 1 unspecified atom stereocenters. The number of rotatable bonds is 4. The first-order valence-corrected chi connectivity index (χ1v) is 8.02. The second kappa shape index (κ2) is 6.75. The van der Waals surface area contributed by atoms with E-state index in [1.54, 1.807) is 0 Å². The van der Waals surface area contributed by atoms with Gasteiger partial charge in [0.2, 0.25) is 5.91 Å². The molecule has 0 aromatic heterocycles. The summed E-state index contributed by atoms with van der Waals surface area (Å²) in [6, 6.07) is 6.67. The smallest absolute Gasteiger partial charge is 0.224 e. The number of carbonyl (C=O) groups is 1. The van der Waals surface area contributed by atoms with Crippen molar-refractivity contribution >= 4 is 5.91 Å². The quantitative estimate of drug-likeness (QED) is 0.888. The molecule has 22 heavy (non-hydrogen) atoms. The number of halogens is 1. The fourth-order valence-corrected chi connectivity index (χ4v) is 3.41. The van der Waals surface area contributed by atoms with E-state index < -0.39 is 0 Å². The van der Waals surface area contributed by atoms with Crippen molar-refractivity contribution in [2.45, 2.75) is 24.7 Å². The minimum absolute atomic E-state index is 0.0742. The van der Waals surface area contributed by atoms with Crippen molar-refractivity contribution in [2.75, 3.05) is 32.8 Å². The summed E-state index contributed by atoms with van der Waals surface area (Å²) in [6.07, 6.45) is 2.60. The second-order valence-corrected chi connectivity index (χ2v) is 6.31. The van der Waals surface area contributed by atoms with Crippen LogP contribution in [0.25, 0.3) is 0 Å². The maximum atomic E-state index is 13.2. The molecule has 1 aromatic rings. The van der Waals surface area contributed by atoms with E-state index in [0.29, 0.717) is 19.8 Å². The number of benzene rings is 1. The number of hydrogen-bond acceptors (Lipinski definition) is 3. The summed E-state index contributed by atoms with van der Waals surface area (Å²) in [4.78, 5) is 12.3. The van der Waals surface area contributed by atoms with Crippen molar-refractivity contribution < 1.29 is 13.9 Å². The largest absolute Gasteiger partial charge is 0.381 e. The summed E-state index contributed by atoms with van der Waals surface area (Å²) in [5, 5.41) is 6.34. The Balaban J connectivity index is 1.71. The van der Waals surface area contributed by atoms with Gasteiger partial charge in [0, 0.05) is 31.7 Å². The van der Waals surface area contributed by atoms with Crippen molar-refractivity contribution in [2.24, 2.45) is 5.92 Å². The fraction of sp³-hybridized carbons (Fsp3) is 0.588. The molecule has 0 bridgehead atoms. The number of nitrogens with one attached hydrogen (secondary N) is 2. The third kappa shape index (κ3) is 3.31. The molecular formula is C17H23FN2O2. The van der Waals surface area contributed by atoms with E-state index in [-0.39, 0.29) is 23.1 Å². The van der Waals surface area contributed by atoms with Crippen LogP contribution in [0.1, 0.15) is 24.8 Å². The SMILES string of the molecule is O=C(NCC1(c2ccc(F)cc2)CCOCC1)C1CCNC1. The first-order valence-electron chi connectivity index (χ1n) is 8.02. The van der Waals surface area contributed by atoms with Gasteiger partial charge in [-0.05, 0) is 43.5 Å². The Bertz CT molecular complexity index is 506. The summed E-state index contributed by atoms with van der Waals surface area (Å²) < 4.78 is 18.7. The molecule has 3 rings (SSSR count). The van der Waals surface area contributed by atoms with Crippen molar-refractivity contribution in [3.8, 4) is 0 Å². The lowest BCUT2D eigenvalue weighted by molar-refractivity contribution is -0.124. The van der Waals surface area contributed by atoms with Gasteiger partial charge in [-0.25, -0.2) is 4.39 Å². The average molecular weight is 306 g/mol. The van der Waals surface area contributed by atoms with E-state index in [2.05, 4.69) is 10.6 Å². The minimum Gasteiger partial charge on any atom is -0.381 e. The molecular weight excluding hydrogens is 283 g/mol. The van der Waals surface area contributed by atoms with Crippen LogP contribution in [-0.2, 0) is 14.9 Å². The zero-order chi connectivity index (χ0) is 15.4. The zero-order valence-electron chi connectivity index (χ0n) is 12.7. The van der Waals surface area contributed by atoms with Gasteiger partial charge in [0.15, 0.2) is 0 Å². The lowest BCUT2D eigenvalue weighted by Crippen LogP contribution is -2.46. The molecule has 2 N–H and O–H groups in total. The van der Waals surface area contributed by atoms with Gasteiger partial charge in [-0.15, -0.1) is 0 Å². The van der Waals surface area contributed by atoms with Crippen LogP contribution in [0.5, 0.6) is 0 Å². The second-order valence-electron chi connectivity index (χ2n) is 6.31. The standard InChI is InChI=1S/C17H23FN2O2/c18-15-3-1-14(2-4-15)17(6-9-22-10-7-17)12-20-16(21)13-5-8-19-11-13/h1-4,13,19H,5-12H2,(H,20,21). The molecule has 0 spiro atoms. The Morgan fingerprint density at radius 1 is 1.32 bits per heavy atom. The summed E-state index contributed by atoms with van der Waals surface area (Å²) in [6.45, 7) is 3.63. The Hall–Kier alpha value is -1.46. The van der Waals surface area contributed by atoms with Gasteiger partial charge in [0.25, 0.3) is 0 Å². The highest BCUT2D eigenvalue weighted by molar-refractivity contribution is 5.79. The third-order valence-electron chi connectivity index (χ3n) is 4.94. The lowest BCUT2D eigenvalue weighted by Gasteiger charge is -2.38. The summed E-state index contributed by atoms with van der Waals surface area (Å²) >= 11 is 0. The van der Waals surface area contributed by atoms with E-state index in [4.69, 9.17) is 4.74 Å². The fourth-order valence-electron chi connectivity index (χ4n) is 3.41. The summed E-state index contributed by atoms with van der Waals surface area (Å²) in [7, 11) is 0. The van der Waals surface area contributed by atoms with Crippen LogP contribution in [0.2, 0.25) is 0 Å². The maximum absolute atomic E-state index is 13.2. The van der Waals surface area contributed by atoms with Gasteiger partial charge in [-0.1, -0.05) is 12.1 Å². The van der Waals surface area contributed by atoms with Crippen LogP contribution in [0.4, 0.5) is 4.39 Å². The van der Waals surface area contributed by atoms with E-state index in [1.807, 2.05) is 12.1 Å². The van der Waals surface area contributed by atoms with Crippen LogP contribution in [-0.4, -0.2) is 38.8 Å². The maximum Gasteiger partial charge on any atom is 0.224 e. The lowest BCUT2D eigenvalue weighted by atomic mass is 9.74. The zero-order valence-corrected chi connectivity index (χ0v) is 12.7.